The Morgan fingerprint density at radius 1 is 0.714 bits per heavy atom. The summed E-state index contributed by atoms with van der Waals surface area (Å²) in [4.78, 5) is 12.7. The molecule has 0 unspecified atom stereocenters. The van der Waals surface area contributed by atoms with Gasteiger partial charge in [-0.1, -0.05) is 47.5 Å². The van der Waals surface area contributed by atoms with Gasteiger partial charge in [0.2, 0.25) is 0 Å². The van der Waals surface area contributed by atoms with Crippen LogP contribution in [-0.4, -0.2) is 5.91 Å². The van der Waals surface area contributed by atoms with E-state index in [2.05, 4.69) is 5.32 Å². The van der Waals surface area contributed by atoms with E-state index >= 15 is 0 Å². The number of carbonyl (C=O) groups excluding carboxylic acids is 1. The first-order chi connectivity index (χ1) is 13.6. The predicted molar refractivity (Wildman–Crippen MR) is 115 cm³/mol. The Hall–Kier alpha value is -3.01. The first kappa shape index (κ1) is 18.4. The molecule has 1 N–H and O–H groups in total. The van der Waals surface area contributed by atoms with Crippen molar-refractivity contribution in [2.75, 3.05) is 5.32 Å². The van der Waals surface area contributed by atoms with Crippen molar-refractivity contribution in [2.45, 2.75) is 0 Å². The van der Waals surface area contributed by atoms with Gasteiger partial charge in [0, 0.05) is 26.7 Å². The van der Waals surface area contributed by atoms with E-state index in [0.717, 1.165) is 10.8 Å². The Kier molecular flexibility index (Phi) is 5.20. The van der Waals surface area contributed by atoms with Crippen LogP contribution in [0, 0.1) is 0 Å². The molecule has 0 bridgehead atoms. The topological polar surface area (TPSA) is 38.3 Å². The molecule has 28 heavy (non-hydrogen) atoms. The number of ether oxygens (including phenoxy) is 1. The predicted octanol–water partition coefficient (Wildman–Crippen LogP) is 7.19. The highest BCUT2D eigenvalue weighted by Gasteiger charge is 2.11. The minimum absolute atomic E-state index is 0.195. The van der Waals surface area contributed by atoms with Gasteiger partial charge in [0.25, 0.3) is 5.91 Å². The Morgan fingerprint density at radius 3 is 2.04 bits per heavy atom. The lowest BCUT2D eigenvalue weighted by Gasteiger charge is -2.10. The minimum atomic E-state index is -0.195. The number of carbonyl (C=O) groups is 1. The molecular formula is C23H15Cl2NO2. The molecule has 1 amide bonds. The van der Waals surface area contributed by atoms with Crippen molar-refractivity contribution in [2.24, 2.45) is 0 Å². The SMILES string of the molecule is O=C(Nc1ccc(Oc2ccc(Cl)cc2)cc1)c1cccc2c(Cl)cccc12. The summed E-state index contributed by atoms with van der Waals surface area (Å²) in [6.07, 6.45) is 0. The number of anilines is 1. The van der Waals surface area contributed by atoms with Crippen molar-refractivity contribution in [3.05, 3.63) is 101 Å². The Balaban J connectivity index is 1.51. The highest BCUT2D eigenvalue weighted by molar-refractivity contribution is 6.36. The first-order valence-corrected chi connectivity index (χ1v) is 9.38. The van der Waals surface area contributed by atoms with Crippen LogP contribution in [-0.2, 0) is 0 Å². The van der Waals surface area contributed by atoms with Crippen LogP contribution in [0.3, 0.4) is 0 Å². The van der Waals surface area contributed by atoms with E-state index in [-0.39, 0.29) is 5.91 Å². The molecular weight excluding hydrogens is 393 g/mol. The lowest BCUT2D eigenvalue weighted by Crippen LogP contribution is -2.12. The van der Waals surface area contributed by atoms with Gasteiger partial charge in [-0.25, -0.2) is 0 Å². The van der Waals surface area contributed by atoms with Crippen LogP contribution in [0.4, 0.5) is 5.69 Å². The summed E-state index contributed by atoms with van der Waals surface area (Å²) >= 11 is 12.1. The fourth-order valence-corrected chi connectivity index (χ4v) is 3.28. The number of benzene rings is 4. The van der Waals surface area contributed by atoms with Gasteiger partial charge in [-0.2, -0.15) is 0 Å². The molecule has 0 aromatic heterocycles. The lowest BCUT2D eigenvalue weighted by molar-refractivity contribution is 0.102. The van der Waals surface area contributed by atoms with E-state index in [1.165, 1.54) is 0 Å². The highest BCUT2D eigenvalue weighted by atomic mass is 35.5. The quantitative estimate of drug-likeness (QED) is 0.388. The Labute approximate surface area is 172 Å². The maximum absolute atomic E-state index is 12.7. The second-order valence-corrected chi connectivity index (χ2v) is 7.02. The molecule has 0 radical (unpaired) electrons. The van der Waals surface area contributed by atoms with Crippen LogP contribution < -0.4 is 10.1 Å². The molecule has 0 aliphatic heterocycles. The average Bonchev–Trinajstić information content (AvgIpc) is 2.71. The van der Waals surface area contributed by atoms with Gasteiger partial charge in [-0.05, 0) is 66.0 Å². The molecule has 4 rings (SSSR count). The number of hydrogen-bond acceptors (Lipinski definition) is 2. The first-order valence-electron chi connectivity index (χ1n) is 8.62. The maximum atomic E-state index is 12.7. The van der Waals surface area contributed by atoms with Crippen molar-refractivity contribution in [3.63, 3.8) is 0 Å². The fraction of sp³-hybridized carbons (Fsp3) is 0. The summed E-state index contributed by atoms with van der Waals surface area (Å²) in [5.41, 5.74) is 1.24. The summed E-state index contributed by atoms with van der Waals surface area (Å²) in [5, 5.41) is 5.85. The third-order valence-corrected chi connectivity index (χ3v) is 4.86. The normalized spacial score (nSPS) is 10.6. The second kappa shape index (κ2) is 7.93. The maximum Gasteiger partial charge on any atom is 0.256 e. The van der Waals surface area contributed by atoms with Crippen LogP contribution in [0.2, 0.25) is 10.0 Å². The zero-order valence-electron chi connectivity index (χ0n) is 14.7. The smallest absolute Gasteiger partial charge is 0.256 e. The van der Waals surface area contributed by atoms with Gasteiger partial charge in [-0.3, -0.25) is 4.79 Å². The third-order valence-electron chi connectivity index (χ3n) is 4.28. The average molecular weight is 408 g/mol. The molecule has 0 aliphatic rings. The van der Waals surface area contributed by atoms with Crippen LogP contribution >= 0.6 is 23.2 Å². The van der Waals surface area contributed by atoms with E-state index in [1.54, 1.807) is 54.6 Å². The number of fused-ring (bicyclic) bond motifs is 1. The molecule has 0 saturated heterocycles. The summed E-state index contributed by atoms with van der Waals surface area (Å²) in [6.45, 7) is 0. The van der Waals surface area contributed by atoms with E-state index in [0.29, 0.717) is 32.8 Å². The molecule has 0 spiro atoms. The molecule has 4 aromatic carbocycles. The fourth-order valence-electron chi connectivity index (χ4n) is 2.91. The molecule has 4 aromatic rings. The third kappa shape index (κ3) is 3.96. The van der Waals surface area contributed by atoms with Crippen LogP contribution in [0.1, 0.15) is 10.4 Å². The van der Waals surface area contributed by atoms with Gasteiger partial charge in [0.05, 0.1) is 0 Å². The number of amides is 1. The molecule has 138 valence electrons. The zero-order valence-corrected chi connectivity index (χ0v) is 16.2. The molecule has 3 nitrogen and oxygen atoms in total. The Bertz CT molecular complexity index is 1140. The van der Waals surface area contributed by atoms with Crippen molar-refractivity contribution in [1.29, 1.82) is 0 Å². The molecule has 5 heteroatoms. The van der Waals surface area contributed by atoms with Crippen molar-refractivity contribution in [1.82, 2.24) is 0 Å². The largest absolute Gasteiger partial charge is 0.457 e. The number of hydrogen-bond donors (Lipinski definition) is 1. The second-order valence-electron chi connectivity index (χ2n) is 6.18. The van der Waals surface area contributed by atoms with Crippen LogP contribution in [0.5, 0.6) is 11.5 Å². The van der Waals surface area contributed by atoms with E-state index in [4.69, 9.17) is 27.9 Å². The summed E-state index contributed by atoms with van der Waals surface area (Å²) in [5.74, 6) is 1.16. The van der Waals surface area contributed by atoms with Crippen molar-refractivity contribution >= 4 is 45.6 Å². The minimum Gasteiger partial charge on any atom is -0.457 e. The van der Waals surface area contributed by atoms with Gasteiger partial charge in [-0.15, -0.1) is 0 Å². The van der Waals surface area contributed by atoms with E-state index < -0.39 is 0 Å². The zero-order chi connectivity index (χ0) is 19.5. The van der Waals surface area contributed by atoms with Crippen LogP contribution in [0.25, 0.3) is 10.8 Å². The van der Waals surface area contributed by atoms with Gasteiger partial charge in [0.15, 0.2) is 0 Å². The lowest BCUT2D eigenvalue weighted by atomic mass is 10.0. The van der Waals surface area contributed by atoms with Crippen molar-refractivity contribution < 1.29 is 9.53 Å². The molecule has 0 saturated carbocycles. The monoisotopic (exact) mass is 407 g/mol. The van der Waals surface area contributed by atoms with Gasteiger partial charge >= 0.3 is 0 Å². The number of rotatable bonds is 4. The summed E-state index contributed by atoms with van der Waals surface area (Å²) in [6, 6.07) is 25.3. The van der Waals surface area contributed by atoms with Crippen molar-refractivity contribution in [3.8, 4) is 11.5 Å². The molecule has 0 fully saturated rings. The number of nitrogens with one attached hydrogen (secondary N) is 1. The standard InChI is InChI=1S/C23H15Cl2NO2/c24-15-7-11-17(12-8-15)28-18-13-9-16(10-14-18)26-23(27)21-5-1-4-20-19(21)3-2-6-22(20)25/h1-14H,(H,26,27). The van der Waals surface area contributed by atoms with Crippen LogP contribution in [0.15, 0.2) is 84.9 Å². The molecule has 0 aliphatic carbocycles. The highest BCUT2D eigenvalue weighted by Crippen LogP contribution is 2.27. The van der Waals surface area contributed by atoms with E-state index in [1.807, 2.05) is 30.3 Å². The van der Waals surface area contributed by atoms with E-state index in [9.17, 15) is 4.79 Å². The molecule has 0 heterocycles. The summed E-state index contributed by atoms with van der Waals surface area (Å²) in [7, 11) is 0. The van der Waals surface area contributed by atoms with Gasteiger partial charge in [0.1, 0.15) is 11.5 Å². The summed E-state index contributed by atoms with van der Waals surface area (Å²) < 4.78 is 5.76. The molecule has 0 atom stereocenters. The van der Waals surface area contributed by atoms with Gasteiger partial charge < -0.3 is 10.1 Å². The Morgan fingerprint density at radius 2 is 1.32 bits per heavy atom. The number of halogens is 2.